The average Bonchev–Trinajstić information content (AvgIpc) is 2.35. The fraction of sp³-hybridized carbons (Fsp3) is 0.571. The maximum absolute atomic E-state index is 12.1. The van der Waals surface area contributed by atoms with Crippen LogP contribution in [0.15, 0.2) is 29.2 Å². The SMILES string of the molecule is CNCCc1ccc(S(=O)(=O)NCC2CCC2)cc1. The first-order chi connectivity index (χ1) is 9.12. The minimum Gasteiger partial charge on any atom is -0.319 e. The van der Waals surface area contributed by atoms with E-state index in [1.165, 1.54) is 6.42 Å². The van der Waals surface area contributed by atoms with Gasteiger partial charge in [0.15, 0.2) is 0 Å². The summed E-state index contributed by atoms with van der Waals surface area (Å²) in [5, 5.41) is 3.08. The van der Waals surface area contributed by atoms with Crippen molar-refractivity contribution >= 4 is 10.0 Å². The predicted octanol–water partition coefficient (Wildman–Crippen LogP) is 1.53. The molecule has 0 saturated heterocycles. The molecule has 1 aromatic rings. The lowest BCUT2D eigenvalue weighted by Crippen LogP contribution is -2.32. The first kappa shape index (κ1) is 14.5. The van der Waals surface area contributed by atoms with Crippen molar-refractivity contribution in [2.75, 3.05) is 20.1 Å². The van der Waals surface area contributed by atoms with E-state index in [0.29, 0.717) is 17.4 Å². The third-order valence-corrected chi connectivity index (χ3v) is 5.12. The van der Waals surface area contributed by atoms with Gasteiger partial charge in [-0.2, -0.15) is 0 Å². The molecule has 2 rings (SSSR count). The van der Waals surface area contributed by atoms with Crippen molar-refractivity contribution in [3.05, 3.63) is 29.8 Å². The number of benzene rings is 1. The van der Waals surface area contributed by atoms with E-state index >= 15 is 0 Å². The number of hydrogen-bond donors (Lipinski definition) is 2. The summed E-state index contributed by atoms with van der Waals surface area (Å²) >= 11 is 0. The van der Waals surface area contributed by atoms with Crippen molar-refractivity contribution in [2.45, 2.75) is 30.6 Å². The first-order valence-electron chi connectivity index (χ1n) is 6.85. The van der Waals surface area contributed by atoms with E-state index in [1.807, 2.05) is 19.2 Å². The van der Waals surface area contributed by atoms with Gasteiger partial charge in [0.1, 0.15) is 0 Å². The van der Waals surface area contributed by atoms with E-state index in [9.17, 15) is 8.42 Å². The van der Waals surface area contributed by atoms with Gasteiger partial charge in [-0.1, -0.05) is 18.6 Å². The molecule has 0 aliphatic heterocycles. The van der Waals surface area contributed by atoms with Crippen LogP contribution >= 0.6 is 0 Å². The van der Waals surface area contributed by atoms with Gasteiger partial charge in [0, 0.05) is 6.54 Å². The number of likely N-dealkylation sites (N-methyl/N-ethyl adjacent to an activating group) is 1. The molecule has 1 saturated carbocycles. The standard InChI is InChI=1S/C14H22N2O2S/c1-15-10-9-12-5-7-14(8-6-12)19(17,18)16-11-13-3-2-4-13/h5-8,13,15-16H,2-4,9-11H2,1H3. The van der Waals surface area contributed by atoms with Crippen LogP contribution in [0.4, 0.5) is 0 Å². The molecule has 1 aromatic carbocycles. The number of rotatable bonds is 7. The Morgan fingerprint density at radius 2 is 1.89 bits per heavy atom. The van der Waals surface area contributed by atoms with Crippen LogP contribution in [0.25, 0.3) is 0 Å². The zero-order valence-corrected chi connectivity index (χ0v) is 12.2. The highest BCUT2D eigenvalue weighted by atomic mass is 32.2. The molecule has 1 aliphatic rings. The van der Waals surface area contributed by atoms with Crippen LogP contribution in [-0.4, -0.2) is 28.6 Å². The van der Waals surface area contributed by atoms with Crippen LogP contribution < -0.4 is 10.0 Å². The average molecular weight is 282 g/mol. The minimum atomic E-state index is -3.33. The summed E-state index contributed by atoms with van der Waals surface area (Å²) in [5.74, 6) is 0.532. The Kier molecular flexibility index (Phi) is 4.96. The van der Waals surface area contributed by atoms with Crippen molar-refractivity contribution in [3.8, 4) is 0 Å². The normalized spacial score (nSPS) is 16.3. The molecule has 0 amide bonds. The van der Waals surface area contributed by atoms with Crippen LogP contribution in [0.3, 0.4) is 0 Å². The lowest BCUT2D eigenvalue weighted by molar-refractivity contribution is 0.316. The van der Waals surface area contributed by atoms with Crippen molar-refractivity contribution < 1.29 is 8.42 Å². The van der Waals surface area contributed by atoms with Gasteiger partial charge in [-0.25, -0.2) is 13.1 Å². The van der Waals surface area contributed by atoms with E-state index in [0.717, 1.165) is 31.4 Å². The van der Waals surface area contributed by atoms with Gasteiger partial charge in [-0.15, -0.1) is 0 Å². The molecule has 0 spiro atoms. The van der Waals surface area contributed by atoms with E-state index < -0.39 is 10.0 Å². The molecule has 4 nitrogen and oxygen atoms in total. The molecule has 0 atom stereocenters. The highest BCUT2D eigenvalue weighted by Gasteiger charge is 2.21. The Morgan fingerprint density at radius 3 is 2.42 bits per heavy atom. The van der Waals surface area contributed by atoms with E-state index in [-0.39, 0.29) is 0 Å². The van der Waals surface area contributed by atoms with Gasteiger partial charge in [0.05, 0.1) is 4.90 Å². The molecule has 2 N–H and O–H groups in total. The van der Waals surface area contributed by atoms with E-state index in [2.05, 4.69) is 10.0 Å². The second-order valence-electron chi connectivity index (χ2n) is 5.15. The molecule has 19 heavy (non-hydrogen) atoms. The zero-order valence-electron chi connectivity index (χ0n) is 11.4. The van der Waals surface area contributed by atoms with Gasteiger partial charge >= 0.3 is 0 Å². The zero-order chi connectivity index (χ0) is 13.7. The molecular formula is C14H22N2O2S. The molecule has 0 aromatic heterocycles. The van der Waals surface area contributed by atoms with Crippen molar-refractivity contribution in [2.24, 2.45) is 5.92 Å². The lowest BCUT2D eigenvalue weighted by atomic mass is 9.86. The Bertz CT molecular complexity index is 493. The lowest BCUT2D eigenvalue weighted by Gasteiger charge is -2.25. The Labute approximate surface area is 115 Å². The fourth-order valence-electron chi connectivity index (χ4n) is 2.11. The van der Waals surface area contributed by atoms with Crippen LogP contribution in [0.1, 0.15) is 24.8 Å². The maximum Gasteiger partial charge on any atom is 0.240 e. The summed E-state index contributed by atoms with van der Waals surface area (Å²) in [5.41, 5.74) is 1.15. The van der Waals surface area contributed by atoms with Crippen molar-refractivity contribution in [3.63, 3.8) is 0 Å². The molecular weight excluding hydrogens is 260 g/mol. The molecule has 1 fully saturated rings. The van der Waals surface area contributed by atoms with Crippen LogP contribution in [0.5, 0.6) is 0 Å². The smallest absolute Gasteiger partial charge is 0.240 e. The number of sulfonamides is 1. The summed E-state index contributed by atoms with van der Waals surface area (Å²) in [6.07, 6.45) is 4.43. The van der Waals surface area contributed by atoms with Gasteiger partial charge in [-0.05, 0) is 56.5 Å². The van der Waals surface area contributed by atoms with Gasteiger partial charge in [0.25, 0.3) is 0 Å². The Hall–Kier alpha value is -0.910. The van der Waals surface area contributed by atoms with Crippen molar-refractivity contribution in [1.82, 2.24) is 10.0 Å². The molecule has 106 valence electrons. The molecule has 0 bridgehead atoms. The first-order valence-corrected chi connectivity index (χ1v) is 8.33. The van der Waals surface area contributed by atoms with Crippen LogP contribution in [0.2, 0.25) is 0 Å². The second kappa shape index (κ2) is 6.50. The quantitative estimate of drug-likeness (QED) is 0.797. The summed E-state index contributed by atoms with van der Waals surface area (Å²) in [4.78, 5) is 0.361. The summed E-state index contributed by atoms with van der Waals surface area (Å²) in [6.45, 7) is 1.47. The molecule has 5 heteroatoms. The number of nitrogens with one attached hydrogen (secondary N) is 2. The second-order valence-corrected chi connectivity index (χ2v) is 6.91. The van der Waals surface area contributed by atoms with E-state index in [4.69, 9.17) is 0 Å². The van der Waals surface area contributed by atoms with Crippen LogP contribution in [0, 0.1) is 5.92 Å². The minimum absolute atomic E-state index is 0.361. The topological polar surface area (TPSA) is 58.2 Å². The largest absolute Gasteiger partial charge is 0.319 e. The molecule has 0 radical (unpaired) electrons. The maximum atomic E-state index is 12.1. The van der Waals surface area contributed by atoms with Crippen molar-refractivity contribution in [1.29, 1.82) is 0 Å². The molecule has 0 heterocycles. The Morgan fingerprint density at radius 1 is 1.21 bits per heavy atom. The number of hydrogen-bond acceptors (Lipinski definition) is 3. The highest BCUT2D eigenvalue weighted by Crippen LogP contribution is 2.25. The monoisotopic (exact) mass is 282 g/mol. The van der Waals surface area contributed by atoms with Gasteiger partial charge < -0.3 is 5.32 Å². The predicted molar refractivity (Wildman–Crippen MR) is 76.6 cm³/mol. The Balaban J connectivity index is 1.94. The third kappa shape index (κ3) is 4.03. The van der Waals surface area contributed by atoms with E-state index in [1.54, 1.807) is 12.1 Å². The van der Waals surface area contributed by atoms with Crippen LogP contribution in [-0.2, 0) is 16.4 Å². The van der Waals surface area contributed by atoms with Gasteiger partial charge in [-0.3, -0.25) is 0 Å². The summed E-state index contributed by atoms with van der Waals surface area (Å²) in [7, 11) is -1.43. The summed E-state index contributed by atoms with van der Waals surface area (Å²) in [6, 6.07) is 7.15. The third-order valence-electron chi connectivity index (χ3n) is 3.68. The highest BCUT2D eigenvalue weighted by molar-refractivity contribution is 7.89. The molecule has 1 aliphatic carbocycles. The fourth-order valence-corrected chi connectivity index (χ4v) is 3.23. The summed E-state index contributed by atoms with van der Waals surface area (Å²) < 4.78 is 26.9. The van der Waals surface area contributed by atoms with Gasteiger partial charge in [0.2, 0.25) is 10.0 Å². The molecule has 0 unspecified atom stereocenters.